The summed E-state index contributed by atoms with van der Waals surface area (Å²) in [4.78, 5) is 25.6. The number of nitrogens with zero attached hydrogens (tertiary/aromatic N) is 1. The maximum atomic E-state index is 12.1. The normalized spacial score (nSPS) is 19.0. The van der Waals surface area contributed by atoms with Gasteiger partial charge in [-0.15, -0.1) is 0 Å². The van der Waals surface area contributed by atoms with Crippen molar-refractivity contribution in [3.63, 3.8) is 0 Å². The summed E-state index contributed by atoms with van der Waals surface area (Å²) in [5.74, 6) is -0.222. The van der Waals surface area contributed by atoms with Crippen LogP contribution in [-0.4, -0.2) is 44.3 Å². The van der Waals surface area contributed by atoms with Crippen LogP contribution >= 0.6 is 0 Å². The summed E-state index contributed by atoms with van der Waals surface area (Å²) < 4.78 is 22.9. The number of carbonyl (C=O) groups excluding carboxylic acids is 2. The van der Waals surface area contributed by atoms with Gasteiger partial charge in [0.1, 0.15) is 0 Å². The molecule has 0 aromatic heterocycles. The van der Waals surface area contributed by atoms with E-state index in [4.69, 9.17) is 0 Å². The average molecular weight is 352 g/mol. The fourth-order valence-electron chi connectivity index (χ4n) is 2.88. The molecule has 1 aromatic carbocycles. The smallest absolute Gasteiger partial charge is 0.223 e. The van der Waals surface area contributed by atoms with E-state index in [-0.39, 0.29) is 42.3 Å². The summed E-state index contributed by atoms with van der Waals surface area (Å²) in [5, 5.41) is 2.75. The molecular formula is C17H24N2O4S. The number of hydrogen-bond donors (Lipinski definition) is 1. The molecule has 1 aliphatic rings. The van der Waals surface area contributed by atoms with Crippen molar-refractivity contribution in [2.24, 2.45) is 0 Å². The third kappa shape index (κ3) is 4.80. The van der Waals surface area contributed by atoms with Crippen molar-refractivity contribution in [1.82, 2.24) is 5.32 Å². The zero-order valence-corrected chi connectivity index (χ0v) is 15.1. The summed E-state index contributed by atoms with van der Waals surface area (Å²) in [5.41, 5.74) is 2.82. The summed E-state index contributed by atoms with van der Waals surface area (Å²) in [6.07, 6.45) is 0.602. The number of nitrogens with one attached hydrogen (secondary N) is 1. The Morgan fingerprint density at radius 3 is 2.58 bits per heavy atom. The van der Waals surface area contributed by atoms with Gasteiger partial charge in [-0.1, -0.05) is 12.1 Å². The highest BCUT2D eigenvalue weighted by atomic mass is 32.2. The second kappa shape index (κ2) is 7.34. The van der Waals surface area contributed by atoms with Crippen LogP contribution in [0.5, 0.6) is 0 Å². The van der Waals surface area contributed by atoms with E-state index in [1.54, 1.807) is 4.90 Å². The molecule has 132 valence electrons. The van der Waals surface area contributed by atoms with Crippen molar-refractivity contribution >= 4 is 27.3 Å². The van der Waals surface area contributed by atoms with Gasteiger partial charge in [-0.2, -0.15) is 0 Å². The number of aryl methyl sites for hydroxylation is 2. The fraction of sp³-hybridized carbons (Fsp3) is 0.529. The van der Waals surface area contributed by atoms with Gasteiger partial charge in [0.05, 0.1) is 11.5 Å². The topological polar surface area (TPSA) is 83.6 Å². The summed E-state index contributed by atoms with van der Waals surface area (Å²) in [6, 6.07) is 5.54. The first-order valence-corrected chi connectivity index (χ1v) is 9.85. The molecule has 0 saturated carbocycles. The minimum Gasteiger partial charge on any atom is -0.352 e. The maximum Gasteiger partial charge on any atom is 0.223 e. The molecule has 1 saturated heterocycles. The molecule has 1 fully saturated rings. The van der Waals surface area contributed by atoms with Gasteiger partial charge in [-0.05, 0) is 37.5 Å². The summed E-state index contributed by atoms with van der Waals surface area (Å²) >= 11 is 0. The molecular weight excluding hydrogens is 328 g/mol. The number of carbonyl (C=O) groups is 2. The van der Waals surface area contributed by atoms with Gasteiger partial charge < -0.3 is 10.2 Å². The molecule has 0 radical (unpaired) electrons. The Balaban J connectivity index is 1.98. The third-order valence-electron chi connectivity index (χ3n) is 4.20. The highest BCUT2D eigenvalue weighted by molar-refractivity contribution is 7.91. The second-order valence-corrected chi connectivity index (χ2v) is 8.61. The predicted octanol–water partition coefficient (Wildman–Crippen LogP) is 1.35. The monoisotopic (exact) mass is 352 g/mol. The lowest BCUT2D eigenvalue weighted by Gasteiger charge is -2.23. The van der Waals surface area contributed by atoms with Crippen molar-refractivity contribution < 1.29 is 18.0 Å². The van der Waals surface area contributed by atoms with Crippen LogP contribution < -0.4 is 10.2 Å². The summed E-state index contributed by atoms with van der Waals surface area (Å²) in [7, 11) is -3.02. The number of benzene rings is 1. The molecule has 1 unspecified atom stereocenters. The number of amides is 2. The van der Waals surface area contributed by atoms with Gasteiger partial charge in [0, 0.05) is 31.6 Å². The highest BCUT2D eigenvalue weighted by Gasteiger charge is 2.29. The Morgan fingerprint density at radius 2 is 2.00 bits per heavy atom. The van der Waals surface area contributed by atoms with Gasteiger partial charge in [0.2, 0.25) is 11.8 Å². The number of anilines is 1. The standard InChI is InChI=1S/C17H24N2O4S/c1-12-4-5-13(2)16(10-12)19(14(3)20)8-6-17(21)18-15-7-9-24(22,23)11-15/h4-5,10,15H,6-9,11H2,1-3H3,(H,18,21). The molecule has 1 aliphatic heterocycles. The molecule has 0 aliphatic carbocycles. The number of hydrogen-bond acceptors (Lipinski definition) is 4. The Hall–Kier alpha value is -1.89. The number of sulfone groups is 1. The molecule has 6 nitrogen and oxygen atoms in total. The first-order chi connectivity index (χ1) is 11.2. The van der Waals surface area contributed by atoms with Crippen LogP contribution in [0.4, 0.5) is 5.69 Å². The van der Waals surface area contributed by atoms with Gasteiger partial charge in [0.15, 0.2) is 9.84 Å². The Bertz CT molecular complexity index is 743. The van der Waals surface area contributed by atoms with Crippen molar-refractivity contribution in [1.29, 1.82) is 0 Å². The van der Waals surface area contributed by atoms with E-state index in [9.17, 15) is 18.0 Å². The maximum absolute atomic E-state index is 12.1. The van der Waals surface area contributed by atoms with Crippen molar-refractivity contribution in [3.05, 3.63) is 29.3 Å². The Morgan fingerprint density at radius 1 is 1.29 bits per heavy atom. The van der Waals surface area contributed by atoms with Crippen LogP contribution in [0.25, 0.3) is 0 Å². The molecule has 1 atom stereocenters. The van der Waals surface area contributed by atoms with Crippen molar-refractivity contribution in [2.75, 3.05) is 23.0 Å². The molecule has 0 bridgehead atoms. The average Bonchev–Trinajstić information content (AvgIpc) is 2.81. The van der Waals surface area contributed by atoms with Crippen molar-refractivity contribution in [2.45, 2.75) is 39.7 Å². The van der Waals surface area contributed by atoms with E-state index in [1.165, 1.54) is 6.92 Å². The molecule has 2 rings (SSSR count). The molecule has 1 aromatic rings. The quantitative estimate of drug-likeness (QED) is 0.867. The first-order valence-electron chi connectivity index (χ1n) is 8.03. The van der Waals surface area contributed by atoms with Gasteiger partial charge >= 0.3 is 0 Å². The van der Waals surface area contributed by atoms with Crippen LogP contribution in [0.1, 0.15) is 30.9 Å². The summed E-state index contributed by atoms with van der Waals surface area (Å²) in [6.45, 7) is 5.62. The van der Waals surface area contributed by atoms with E-state index in [2.05, 4.69) is 5.32 Å². The Labute approximate surface area is 143 Å². The third-order valence-corrected chi connectivity index (χ3v) is 5.96. The lowest BCUT2D eigenvalue weighted by molar-refractivity contribution is -0.121. The predicted molar refractivity (Wildman–Crippen MR) is 93.8 cm³/mol. The van der Waals surface area contributed by atoms with Gasteiger partial charge in [-0.3, -0.25) is 9.59 Å². The minimum atomic E-state index is -3.02. The molecule has 1 heterocycles. The van der Waals surface area contributed by atoms with E-state index in [0.29, 0.717) is 6.42 Å². The highest BCUT2D eigenvalue weighted by Crippen LogP contribution is 2.22. The largest absolute Gasteiger partial charge is 0.352 e. The zero-order valence-electron chi connectivity index (χ0n) is 14.3. The second-order valence-electron chi connectivity index (χ2n) is 6.38. The zero-order chi connectivity index (χ0) is 17.9. The van der Waals surface area contributed by atoms with Gasteiger partial charge in [0.25, 0.3) is 0 Å². The SMILES string of the molecule is CC(=O)N(CCC(=O)NC1CCS(=O)(=O)C1)c1cc(C)ccc1C. The lowest BCUT2D eigenvalue weighted by Crippen LogP contribution is -2.39. The van der Waals surface area contributed by atoms with E-state index >= 15 is 0 Å². The van der Waals surface area contributed by atoms with Crippen LogP contribution in [-0.2, 0) is 19.4 Å². The number of rotatable bonds is 5. The Kier molecular flexibility index (Phi) is 5.64. The van der Waals surface area contributed by atoms with Crippen molar-refractivity contribution in [3.8, 4) is 0 Å². The van der Waals surface area contributed by atoms with Gasteiger partial charge in [-0.25, -0.2) is 8.42 Å². The van der Waals surface area contributed by atoms with Crippen LogP contribution in [0.2, 0.25) is 0 Å². The van der Waals surface area contributed by atoms with Crippen LogP contribution in [0.3, 0.4) is 0 Å². The van der Waals surface area contributed by atoms with E-state index < -0.39 is 9.84 Å². The molecule has 2 amide bonds. The molecule has 0 spiro atoms. The minimum absolute atomic E-state index is 0.00610. The fourth-order valence-corrected chi connectivity index (χ4v) is 4.55. The van der Waals surface area contributed by atoms with E-state index in [0.717, 1.165) is 16.8 Å². The molecule has 24 heavy (non-hydrogen) atoms. The van der Waals surface area contributed by atoms with Crippen LogP contribution in [0, 0.1) is 13.8 Å². The molecule has 7 heteroatoms. The first kappa shape index (κ1) is 18.4. The van der Waals surface area contributed by atoms with Crippen LogP contribution in [0.15, 0.2) is 18.2 Å². The lowest BCUT2D eigenvalue weighted by atomic mass is 10.1. The van der Waals surface area contributed by atoms with E-state index in [1.807, 2.05) is 32.0 Å². The molecule has 1 N–H and O–H groups in total.